The summed E-state index contributed by atoms with van der Waals surface area (Å²) >= 11 is 1.51. The largest absolute Gasteiger partial charge is 0.339 e. The first-order chi connectivity index (χ1) is 13.2. The zero-order chi connectivity index (χ0) is 18.8. The molecule has 4 rings (SSSR count). The number of amides is 1. The monoisotopic (exact) mass is 373 g/mol. The van der Waals surface area contributed by atoms with Gasteiger partial charge in [-0.05, 0) is 25.3 Å². The highest BCUT2D eigenvalue weighted by Gasteiger charge is 2.28. The van der Waals surface area contributed by atoms with Gasteiger partial charge in [0.25, 0.3) is 5.91 Å². The molecule has 0 bridgehead atoms. The lowest BCUT2D eigenvalue weighted by Crippen LogP contribution is -2.29. The second-order valence-electron chi connectivity index (χ2n) is 6.68. The van der Waals surface area contributed by atoms with Crippen LogP contribution in [-0.2, 0) is 0 Å². The fraction of sp³-hybridized carbons (Fsp3) is 0.227. The van der Waals surface area contributed by atoms with E-state index in [0.717, 1.165) is 53.3 Å². The number of aryl methyl sites for hydroxylation is 1. The summed E-state index contributed by atoms with van der Waals surface area (Å²) in [5.74, 6) is -0.0651. The van der Waals surface area contributed by atoms with E-state index in [1.54, 1.807) is 0 Å². The van der Waals surface area contributed by atoms with Gasteiger partial charge in [-0.25, -0.2) is 4.98 Å². The molecule has 0 atom stereocenters. The van der Waals surface area contributed by atoms with Gasteiger partial charge in [0.2, 0.25) is 0 Å². The van der Waals surface area contributed by atoms with Crippen LogP contribution in [0.2, 0.25) is 0 Å². The minimum atomic E-state index is -0.0651. The van der Waals surface area contributed by atoms with Gasteiger partial charge in [0, 0.05) is 35.3 Å². The van der Waals surface area contributed by atoms with Crippen molar-refractivity contribution in [3.8, 4) is 27.8 Å². The van der Waals surface area contributed by atoms with Crippen molar-refractivity contribution >= 4 is 17.2 Å². The van der Waals surface area contributed by atoms with Gasteiger partial charge in [0.15, 0.2) is 0 Å². The second kappa shape index (κ2) is 7.34. The van der Waals surface area contributed by atoms with Crippen LogP contribution >= 0.6 is 11.3 Å². The number of nitriles is 1. The fourth-order valence-electron chi connectivity index (χ4n) is 3.53. The Bertz CT molecular complexity index is 1030. The first kappa shape index (κ1) is 17.4. The zero-order valence-corrected chi connectivity index (χ0v) is 15.9. The maximum atomic E-state index is 13.4. The Kier molecular flexibility index (Phi) is 4.74. The number of thiazole rings is 1. The highest BCUT2D eigenvalue weighted by molar-refractivity contribution is 7.13. The van der Waals surface area contributed by atoms with Gasteiger partial charge < -0.3 is 4.90 Å². The molecule has 1 fully saturated rings. The van der Waals surface area contributed by atoms with Crippen LogP contribution in [-0.4, -0.2) is 28.9 Å². The Labute approximate surface area is 162 Å². The number of aromatic nitrogens is 1. The third-order valence-electron chi connectivity index (χ3n) is 4.86. The average Bonchev–Trinajstić information content (AvgIpc) is 3.39. The number of likely N-dealkylation sites (tertiary alicyclic amines) is 1. The number of rotatable bonds is 3. The molecule has 27 heavy (non-hydrogen) atoms. The Morgan fingerprint density at radius 1 is 1.11 bits per heavy atom. The molecule has 1 aliphatic heterocycles. The predicted molar refractivity (Wildman–Crippen MR) is 108 cm³/mol. The Morgan fingerprint density at radius 3 is 2.44 bits per heavy atom. The third kappa shape index (κ3) is 3.24. The van der Waals surface area contributed by atoms with E-state index in [2.05, 4.69) is 11.1 Å². The van der Waals surface area contributed by atoms with Crippen LogP contribution in [0.4, 0.5) is 0 Å². The number of carbonyl (C=O) groups excluding carboxylic acids is 1. The second-order valence-corrected chi connectivity index (χ2v) is 7.54. The molecule has 0 unspecified atom stereocenters. The highest BCUT2D eigenvalue weighted by Crippen LogP contribution is 2.35. The van der Waals surface area contributed by atoms with Crippen LogP contribution < -0.4 is 0 Å². The van der Waals surface area contributed by atoms with E-state index in [0.29, 0.717) is 11.1 Å². The van der Waals surface area contributed by atoms with Crippen LogP contribution in [0, 0.1) is 18.3 Å². The van der Waals surface area contributed by atoms with Gasteiger partial charge in [-0.15, -0.1) is 11.3 Å². The molecule has 1 aromatic heterocycles. The average molecular weight is 373 g/mol. The minimum absolute atomic E-state index is 0.0651. The van der Waals surface area contributed by atoms with E-state index >= 15 is 0 Å². The summed E-state index contributed by atoms with van der Waals surface area (Å²) in [6.07, 6.45) is 2.02. The van der Waals surface area contributed by atoms with Gasteiger partial charge in [-0.3, -0.25) is 4.79 Å². The molecule has 0 radical (unpaired) electrons. The minimum Gasteiger partial charge on any atom is -0.339 e. The third-order valence-corrected chi connectivity index (χ3v) is 5.85. The number of hydrogen-bond donors (Lipinski definition) is 0. The lowest BCUT2D eigenvalue weighted by Gasteiger charge is -2.19. The van der Waals surface area contributed by atoms with Gasteiger partial charge >= 0.3 is 0 Å². The predicted octanol–water partition coefficient (Wildman–Crippen LogP) is 4.89. The van der Waals surface area contributed by atoms with Gasteiger partial charge in [0.1, 0.15) is 11.1 Å². The molecular formula is C22H19N3OS. The molecule has 2 heterocycles. The molecule has 0 spiro atoms. The highest BCUT2D eigenvalue weighted by atomic mass is 32.1. The Hall–Kier alpha value is -2.97. The molecule has 5 heteroatoms. The molecule has 0 saturated carbocycles. The summed E-state index contributed by atoms with van der Waals surface area (Å²) in [5.41, 5.74) is 4.31. The standard InChI is InChI=1S/C22H19N3OS/c1-15-14-27-21(24-15)18-10-9-17(16-7-3-2-4-8-16)19(13-23)20(18)22(26)25-11-5-6-12-25/h2-4,7-10,14H,5-6,11-12H2,1H3. The summed E-state index contributed by atoms with van der Waals surface area (Å²) in [4.78, 5) is 19.8. The summed E-state index contributed by atoms with van der Waals surface area (Å²) in [6.45, 7) is 3.43. The van der Waals surface area contributed by atoms with Crippen molar-refractivity contribution in [2.75, 3.05) is 13.1 Å². The Balaban J connectivity index is 1.95. The molecule has 1 aliphatic rings. The molecule has 0 N–H and O–H groups in total. The van der Waals surface area contributed by atoms with Crippen molar-refractivity contribution in [2.45, 2.75) is 19.8 Å². The van der Waals surface area contributed by atoms with E-state index in [1.165, 1.54) is 11.3 Å². The summed E-state index contributed by atoms with van der Waals surface area (Å²) in [5, 5.41) is 12.7. The van der Waals surface area contributed by atoms with Crippen molar-refractivity contribution in [2.24, 2.45) is 0 Å². The fourth-order valence-corrected chi connectivity index (χ4v) is 4.36. The topological polar surface area (TPSA) is 57.0 Å². The SMILES string of the molecule is Cc1csc(-c2ccc(-c3ccccc3)c(C#N)c2C(=O)N2CCCC2)n1. The Morgan fingerprint density at radius 2 is 1.81 bits per heavy atom. The number of hydrogen-bond acceptors (Lipinski definition) is 4. The van der Waals surface area contributed by atoms with E-state index in [-0.39, 0.29) is 5.91 Å². The first-order valence-electron chi connectivity index (χ1n) is 9.03. The van der Waals surface area contributed by atoms with Crippen molar-refractivity contribution < 1.29 is 4.79 Å². The number of nitrogens with zero attached hydrogens (tertiary/aromatic N) is 3. The lowest BCUT2D eigenvalue weighted by atomic mass is 9.92. The molecule has 1 amide bonds. The van der Waals surface area contributed by atoms with E-state index in [9.17, 15) is 10.1 Å². The molecule has 3 aromatic rings. The smallest absolute Gasteiger partial charge is 0.255 e. The number of benzene rings is 2. The van der Waals surface area contributed by atoms with E-state index in [1.807, 2.05) is 59.7 Å². The quantitative estimate of drug-likeness (QED) is 0.656. The molecular weight excluding hydrogens is 354 g/mol. The normalized spacial score (nSPS) is 13.6. The molecule has 134 valence electrons. The maximum absolute atomic E-state index is 13.4. The van der Waals surface area contributed by atoms with Crippen molar-refractivity contribution in [1.29, 1.82) is 5.26 Å². The van der Waals surface area contributed by atoms with Crippen LogP contribution in [0.15, 0.2) is 47.8 Å². The van der Waals surface area contributed by atoms with Crippen LogP contribution in [0.1, 0.15) is 34.5 Å². The van der Waals surface area contributed by atoms with Crippen LogP contribution in [0.5, 0.6) is 0 Å². The summed E-state index contributed by atoms with van der Waals surface area (Å²) < 4.78 is 0. The van der Waals surface area contributed by atoms with E-state index < -0.39 is 0 Å². The van der Waals surface area contributed by atoms with Gasteiger partial charge in [0.05, 0.1) is 11.1 Å². The first-order valence-corrected chi connectivity index (χ1v) is 9.91. The molecule has 4 nitrogen and oxygen atoms in total. The molecule has 2 aromatic carbocycles. The lowest BCUT2D eigenvalue weighted by molar-refractivity contribution is 0.0793. The maximum Gasteiger partial charge on any atom is 0.255 e. The van der Waals surface area contributed by atoms with Crippen LogP contribution in [0.25, 0.3) is 21.7 Å². The van der Waals surface area contributed by atoms with Crippen molar-refractivity contribution in [1.82, 2.24) is 9.88 Å². The number of carbonyl (C=O) groups is 1. The summed E-state index contributed by atoms with van der Waals surface area (Å²) in [6, 6.07) is 15.9. The van der Waals surface area contributed by atoms with Gasteiger partial charge in [-0.2, -0.15) is 5.26 Å². The van der Waals surface area contributed by atoms with Crippen molar-refractivity contribution in [3.05, 3.63) is 64.7 Å². The van der Waals surface area contributed by atoms with Gasteiger partial charge in [-0.1, -0.05) is 42.5 Å². The van der Waals surface area contributed by atoms with E-state index in [4.69, 9.17) is 0 Å². The zero-order valence-electron chi connectivity index (χ0n) is 15.1. The summed E-state index contributed by atoms with van der Waals surface area (Å²) in [7, 11) is 0. The van der Waals surface area contributed by atoms with Crippen LogP contribution in [0.3, 0.4) is 0 Å². The molecule has 0 aliphatic carbocycles. The molecule has 1 saturated heterocycles. The van der Waals surface area contributed by atoms with Crippen molar-refractivity contribution in [3.63, 3.8) is 0 Å².